The molecule has 0 radical (unpaired) electrons. The summed E-state index contributed by atoms with van der Waals surface area (Å²) in [7, 11) is 0. The van der Waals surface area contributed by atoms with E-state index < -0.39 is 0 Å². The summed E-state index contributed by atoms with van der Waals surface area (Å²) in [6.45, 7) is -0.124. The fourth-order valence-corrected chi connectivity index (χ4v) is 2.41. The van der Waals surface area contributed by atoms with Crippen molar-refractivity contribution >= 4 is 11.3 Å². The maximum atomic E-state index is 9.00. The summed E-state index contributed by atoms with van der Waals surface area (Å²) in [5.74, 6) is 0.722. The van der Waals surface area contributed by atoms with Crippen molar-refractivity contribution in [2.75, 3.05) is 0 Å². The Morgan fingerprint density at radius 1 is 0.950 bits per heavy atom. The first-order valence-corrected chi connectivity index (χ1v) is 6.94. The van der Waals surface area contributed by atoms with Crippen LogP contribution < -0.4 is 4.74 Å². The lowest BCUT2D eigenvalue weighted by atomic mass is 10.1. The zero-order valence-electron chi connectivity index (χ0n) is 10.6. The van der Waals surface area contributed by atoms with Gasteiger partial charge in [-0.15, -0.1) is 5.10 Å². The number of nitrogens with zero attached hydrogens (tertiary/aromatic N) is 2. The SMILES string of the molecule is OCc1nnc(Oc2ccccc2-c2ccccc2)s1. The van der Waals surface area contributed by atoms with Gasteiger partial charge >= 0.3 is 0 Å². The molecular weight excluding hydrogens is 272 g/mol. The van der Waals surface area contributed by atoms with E-state index in [9.17, 15) is 0 Å². The fourth-order valence-electron chi connectivity index (χ4n) is 1.85. The van der Waals surface area contributed by atoms with E-state index in [1.54, 1.807) is 0 Å². The topological polar surface area (TPSA) is 55.2 Å². The van der Waals surface area contributed by atoms with Crippen LogP contribution in [0.4, 0.5) is 0 Å². The molecule has 0 saturated heterocycles. The first kappa shape index (κ1) is 12.8. The number of aromatic nitrogens is 2. The average molecular weight is 284 g/mol. The Kier molecular flexibility index (Phi) is 3.71. The summed E-state index contributed by atoms with van der Waals surface area (Å²) in [4.78, 5) is 0. The second-order valence-electron chi connectivity index (χ2n) is 4.08. The second-order valence-corrected chi connectivity index (χ2v) is 5.11. The summed E-state index contributed by atoms with van der Waals surface area (Å²) in [5, 5.41) is 17.7. The first-order chi connectivity index (χ1) is 9.86. The lowest BCUT2D eigenvalue weighted by molar-refractivity contribution is 0.280. The molecule has 0 atom stereocenters. The van der Waals surface area contributed by atoms with E-state index in [4.69, 9.17) is 9.84 Å². The van der Waals surface area contributed by atoms with Gasteiger partial charge in [-0.3, -0.25) is 0 Å². The molecule has 3 aromatic rings. The highest BCUT2D eigenvalue weighted by Crippen LogP contribution is 2.33. The molecule has 0 unspecified atom stereocenters. The summed E-state index contributed by atoms with van der Waals surface area (Å²) in [5.41, 5.74) is 2.07. The maximum Gasteiger partial charge on any atom is 0.299 e. The lowest BCUT2D eigenvalue weighted by Gasteiger charge is -2.08. The fraction of sp³-hybridized carbons (Fsp3) is 0.0667. The van der Waals surface area contributed by atoms with Crippen LogP contribution in [0.2, 0.25) is 0 Å². The molecule has 0 bridgehead atoms. The number of hydrogen-bond donors (Lipinski definition) is 1. The normalized spacial score (nSPS) is 10.4. The van der Waals surface area contributed by atoms with E-state index in [2.05, 4.69) is 10.2 Å². The Bertz CT molecular complexity index is 698. The highest BCUT2D eigenvalue weighted by molar-refractivity contribution is 7.13. The van der Waals surface area contributed by atoms with Crippen LogP contribution in [0.1, 0.15) is 5.01 Å². The monoisotopic (exact) mass is 284 g/mol. The Labute approximate surface area is 120 Å². The third kappa shape index (κ3) is 2.68. The van der Waals surface area contributed by atoms with Gasteiger partial charge in [0.05, 0.1) is 6.61 Å². The Balaban J connectivity index is 1.94. The number of para-hydroxylation sites is 1. The van der Waals surface area contributed by atoms with E-state index in [1.807, 2.05) is 54.6 Å². The highest BCUT2D eigenvalue weighted by atomic mass is 32.1. The Morgan fingerprint density at radius 3 is 2.45 bits per heavy atom. The Hall–Kier alpha value is -2.24. The quantitative estimate of drug-likeness (QED) is 0.796. The van der Waals surface area contributed by atoms with Crippen LogP contribution in [0.25, 0.3) is 11.1 Å². The summed E-state index contributed by atoms with van der Waals surface area (Å²) in [6, 6.07) is 17.8. The van der Waals surface area contributed by atoms with E-state index in [0.29, 0.717) is 10.2 Å². The maximum absolute atomic E-state index is 9.00. The van der Waals surface area contributed by atoms with Crippen molar-refractivity contribution in [3.05, 3.63) is 59.6 Å². The van der Waals surface area contributed by atoms with Crippen LogP contribution in [0.3, 0.4) is 0 Å². The van der Waals surface area contributed by atoms with Gasteiger partial charge < -0.3 is 9.84 Å². The number of hydrogen-bond acceptors (Lipinski definition) is 5. The summed E-state index contributed by atoms with van der Waals surface area (Å²) < 4.78 is 5.78. The minimum absolute atomic E-state index is 0.124. The number of ether oxygens (including phenoxy) is 1. The zero-order chi connectivity index (χ0) is 13.8. The third-order valence-electron chi connectivity index (χ3n) is 2.75. The minimum Gasteiger partial charge on any atom is -0.429 e. The van der Waals surface area contributed by atoms with Crippen molar-refractivity contribution in [2.45, 2.75) is 6.61 Å². The largest absolute Gasteiger partial charge is 0.429 e. The molecule has 0 saturated carbocycles. The van der Waals surface area contributed by atoms with Crippen LogP contribution in [-0.4, -0.2) is 15.3 Å². The van der Waals surface area contributed by atoms with Crippen molar-refractivity contribution in [3.63, 3.8) is 0 Å². The zero-order valence-corrected chi connectivity index (χ0v) is 11.4. The highest BCUT2D eigenvalue weighted by Gasteiger charge is 2.10. The molecule has 1 N–H and O–H groups in total. The van der Waals surface area contributed by atoms with Crippen LogP contribution in [0.15, 0.2) is 54.6 Å². The molecule has 1 heterocycles. The summed E-state index contributed by atoms with van der Waals surface area (Å²) in [6.07, 6.45) is 0. The van der Waals surface area contributed by atoms with Gasteiger partial charge in [-0.1, -0.05) is 65.0 Å². The van der Waals surface area contributed by atoms with Gasteiger partial charge in [-0.05, 0) is 11.6 Å². The van der Waals surface area contributed by atoms with E-state index >= 15 is 0 Å². The third-order valence-corrected chi connectivity index (χ3v) is 3.54. The molecule has 5 heteroatoms. The lowest BCUT2D eigenvalue weighted by Crippen LogP contribution is -1.87. The van der Waals surface area contributed by atoms with Crippen molar-refractivity contribution in [1.29, 1.82) is 0 Å². The van der Waals surface area contributed by atoms with Crippen LogP contribution >= 0.6 is 11.3 Å². The van der Waals surface area contributed by atoms with Gasteiger partial charge in [-0.25, -0.2) is 0 Å². The molecule has 0 spiro atoms. The predicted molar refractivity (Wildman–Crippen MR) is 77.8 cm³/mol. The number of benzene rings is 2. The van der Waals surface area contributed by atoms with Gasteiger partial charge in [0, 0.05) is 5.56 Å². The molecule has 100 valence electrons. The molecule has 0 amide bonds. The van der Waals surface area contributed by atoms with E-state index in [1.165, 1.54) is 11.3 Å². The molecular formula is C15H12N2O2S. The van der Waals surface area contributed by atoms with E-state index in [-0.39, 0.29) is 6.61 Å². The van der Waals surface area contributed by atoms with Crippen molar-refractivity contribution in [3.8, 4) is 22.1 Å². The van der Waals surface area contributed by atoms with Gasteiger partial charge in [0.2, 0.25) is 0 Å². The van der Waals surface area contributed by atoms with Crippen molar-refractivity contribution < 1.29 is 9.84 Å². The standard InChI is InChI=1S/C15H12N2O2S/c18-10-14-16-17-15(20-14)19-13-9-5-4-8-12(13)11-6-2-1-3-7-11/h1-9,18H,10H2. The number of aliphatic hydroxyl groups is 1. The van der Waals surface area contributed by atoms with Gasteiger partial charge in [0.25, 0.3) is 5.19 Å². The average Bonchev–Trinajstić information content (AvgIpc) is 2.96. The van der Waals surface area contributed by atoms with Gasteiger partial charge in [-0.2, -0.15) is 0 Å². The molecule has 0 aliphatic carbocycles. The minimum atomic E-state index is -0.124. The van der Waals surface area contributed by atoms with Crippen molar-refractivity contribution in [2.24, 2.45) is 0 Å². The molecule has 3 rings (SSSR count). The first-order valence-electron chi connectivity index (χ1n) is 6.12. The second kappa shape index (κ2) is 5.81. The van der Waals surface area contributed by atoms with Gasteiger partial charge in [0.1, 0.15) is 10.8 Å². The number of rotatable bonds is 4. The predicted octanol–water partition coefficient (Wildman–Crippen LogP) is 3.49. The van der Waals surface area contributed by atoms with Crippen LogP contribution in [0.5, 0.6) is 10.9 Å². The Morgan fingerprint density at radius 2 is 1.70 bits per heavy atom. The molecule has 2 aromatic carbocycles. The van der Waals surface area contributed by atoms with E-state index in [0.717, 1.165) is 16.9 Å². The smallest absolute Gasteiger partial charge is 0.299 e. The molecule has 0 fully saturated rings. The summed E-state index contributed by atoms with van der Waals surface area (Å²) >= 11 is 1.24. The number of aliphatic hydroxyl groups excluding tert-OH is 1. The molecule has 20 heavy (non-hydrogen) atoms. The van der Waals surface area contributed by atoms with Crippen LogP contribution in [-0.2, 0) is 6.61 Å². The molecule has 0 aliphatic rings. The molecule has 4 nitrogen and oxygen atoms in total. The van der Waals surface area contributed by atoms with Crippen LogP contribution in [0, 0.1) is 0 Å². The van der Waals surface area contributed by atoms with Gasteiger partial charge in [0.15, 0.2) is 0 Å². The molecule has 1 aromatic heterocycles. The van der Waals surface area contributed by atoms with Crippen molar-refractivity contribution in [1.82, 2.24) is 10.2 Å². The molecule has 0 aliphatic heterocycles.